The summed E-state index contributed by atoms with van der Waals surface area (Å²) in [6.45, 7) is 2.92. The Labute approximate surface area is 168 Å². The lowest BCUT2D eigenvalue weighted by atomic mass is 10.1. The molecular formula is C21H24N4O2S. The van der Waals surface area contributed by atoms with Crippen molar-refractivity contribution in [3.8, 4) is 0 Å². The van der Waals surface area contributed by atoms with Crippen molar-refractivity contribution < 1.29 is 4.79 Å². The van der Waals surface area contributed by atoms with Crippen molar-refractivity contribution in [3.63, 3.8) is 0 Å². The third-order valence-corrected chi connectivity index (χ3v) is 5.49. The molecule has 2 N–H and O–H groups in total. The van der Waals surface area contributed by atoms with E-state index >= 15 is 0 Å². The molecule has 6 nitrogen and oxygen atoms in total. The van der Waals surface area contributed by atoms with Gasteiger partial charge in [-0.05, 0) is 30.9 Å². The van der Waals surface area contributed by atoms with Crippen LogP contribution in [0.25, 0.3) is 0 Å². The highest BCUT2D eigenvalue weighted by molar-refractivity contribution is 8.00. The van der Waals surface area contributed by atoms with Crippen LogP contribution in [0.5, 0.6) is 0 Å². The monoisotopic (exact) mass is 396 g/mol. The first-order valence-corrected chi connectivity index (χ1v) is 10.2. The average molecular weight is 397 g/mol. The van der Waals surface area contributed by atoms with Gasteiger partial charge in [-0.25, -0.2) is 9.89 Å². The van der Waals surface area contributed by atoms with E-state index in [4.69, 9.17) is 0 Å². The van der Waals surface area contributed by atoms with Crippen LogP contribution in [0, 0.1) is 0 Å². The number of hydrogen-bond acceptors (Lipinski definition) is 4. The number of aryl methyl sites for hydroxylation is 1. The summed E-state index contributed by atoms with van der Waals surface area (Å²) in [5, 5.41) is 9.71. The van der Waals surface area contributed by atoms with Crippen molar-refractivity contribution in [3.05, 3.63) is 82.3 Å². The second-order valence-electron chi connectivity index (χ2n) is 6.49. The van der Waals surface area contributed by atoms with E-state index in [2.05, 4.69) is 15.5 Å². The molecule has 1 aromatic heterocycles. The second kappa shape index (κ2) is 9.94. The molecule has 28 heavy (non-hydrogen) atoms. The number of nitrogens with zero attached hydrogens (tertiary/aromatic N) is 2. The number of amides is 1. The minimum absolute atomic E-state index is 0.0639. The Morgan fingerprint density at radius 2 is 1.68 bits per heavy atom. The highest BCUT2D eigenvalue weighted by atomic mass is 32.2. The maximum absolute atomic E-state index is 12.4. The minimum Gasteiger partial charge on any atom is -0.355 e. The fourth-order valence-electron chi connectivity index (χ4n) is 2.81. The van der Waals surface area contributed by atoms with Gasteiger partial charge in [0.2, 0.25) is 5.91 Å². The number of thioether (sulfide) groups is 1. The SMILES string of the molecule is CC(Sc1n[nH]c(=O)n1CCc1ccccc1)C(=O)NCCc1ccccc1. The van der Waals surface area contributed by atoms with E-state index in [1.54, 1.807) is 4.57 Å². The summed E-state index contributed by atoms with van der Waals surface area (Å²) >= 11 is 1.29. The maximum atomic E-state index is 12.4. The predicted molar refractivity (Wildman–Crippen MR) is 111 cm³/mol. The molecule has 1 heterocycles. The lowest BCUT2D eigenvalue weighted by Gasteiger charge is -2.12. The quantitative estimate of drug-likeness (QED) is 0.545. The number of aromatic nitrogens is 3. The van der Waals surface area contributed by atoms with Crippen molar-refractivity contribution >= 4 is 17.7 Å². The summed E-state index contributed by atoms with van der Waals surface area (Å²) in [5.41, 5.74) is 2.08. The van der Waals surface area contributed by atoms with Crippen molar-refractivity contribution in [2.24, 2.45) is 0 Å². The van der Waals surface area contributed by atoms with E-state index in [0.29, 0.717) is 18.2 Å². The Morgan fingerprint density at radius 1 is 1.07 bits per heavy atom. The van der Waals surface area contributed by atoms with Gasteiger partial charge in [0.15, 0.2) is 5.16 Å². The molecule has 0 aliphatic carbocycles. The summed E-state index contributed by atoms with van der Waals surface area (Å²) in [5.74, 6) is -0.0639. The zero-order valence-electron chi connectivity index (χ0n) is 15.8. The molecule has 1 amide bonds. The third-order valence-electron chi connectivity index (χ3n) is 4.40. The van der Waals surface area contributed by atoms with Crippen LogP contribution in [0.1, 0.15) is 18.1 Å². The lowest BCUT2D eigenvalue weighted by Crippen LogP contribution is -2.32. The van der Waals surface area contributed by atoms with Crippen LogP contribution in [0.2, 0.25) is 0 Å². The van der Waals surface area contributed by atoms with Crippen molar-refractivity contribution in [1.29, 1.82) is 0 Å². The fourth-order valence-corrected chi connectivity index (χ4v) is 3.71. The predicted octanol–water partition coefficient (Wildman–Crippen LogP) is 2.65. The van der Waals surface area contributed by atoms with E-state index in [0.717, 1.165) is 18.4 Å². The van der Waals surface area contributed by atoms with Gasteiger partial charge in [0, 0.05) is 13.1 Å². The van der Waals surface area contributed by atoms with E-state index < -0.39 is 0 Å². The van der Waals surface area contributed by atoms with Crippen LogP contribution >= 0.6 is 11.8 Å². The Kier molecular flexibility index (Phi) is 7.08. The van der Waals surface area contributed by atoms with Crippen LogP contribution in [-0.2, 0) is 24.2 Å². The number of carbonyl (C=O) groups is 1. The van der Waals surface area contributed by atoms with E-state index in [9.17, 15) is 9.59 Å². The van der Waals surface area contributed by atoms with Crippen LogP contribution in [0.15, 0.2) is 70.6 Å². The van der Waals surface area contributed by atoms with Gasteiger partial charge in [0.1, 0.15) is 0 Å². The highest BCUT2D eigenvalue weighted by Crippen LogP contribution is 2.20. The highest BCUT2D eigenvalue weighted by Gasteiger charge is 2.18. The summed E-state index contributed by atoms with van der Waals surface area (Å²) in [6, 6.07) is 20.0. The van der Waals surface area contributed by atoms with Crippen LogP contribution < -0.4 is 11.0 Å². The standard InChI is InChI=1S/C21H24N4O2S/c1-16(19(26)22-14-12-17-8-4-2-5-9-17)28-21-24-23-20(27)25(21)15-13-18-10-6-3-7-11-18/h2-11,16H,12-15H2,1H3,(H,22,26)(H,23,27). The van der Waals surface area contributed by atoms with Gasteiger partial charge in [-0.2, -0.15) is 0 Å². The van der Waals surface area contributed by atoms with Gasteiger partial charge in [0.25, 0.3) is 0 Å². The third kappa shape index (κ3) is 5.60. The molecule has 0 aliphatic rings. The first kappa shape index (κ1) is 19.9. The number of nitrogens with one attached hydrogen (secondary N) is 2. The Morgan fingerprint density at radius 3 is 2.32 bits per heavy atom. The molecule has 0 aliphatic heterocycles. The smallest absolute Gasteiger partial charge is 0.343 e. The second-order valence-corrected chi connectivity index (χ2v) is 7.79. The van der Waals surface area contributed by atoms with Gasteiger partial charge in [-0.1, -0.05) is 72.4 Å². The molecule has 3 rings (SSSR count). The number of rotatable bonds is 9. The molecule has 0 saturated heterocycles. The van der Waals surface area contributed by atoms with E-state index in [1.807, 2.05) is 67.6 Å². The van der Waals surface area contributed by atoms with Crippen molar-refractivity contribution in [1.82, 2.24) is 20.1 Å². The van der Waals surface area contributed by atoms with Crippen LogP contribution in [0.4, 0.5) is 0 Å². The first-order valence-electron chi connectivity index (χ1n) is 9.31. The number of benzene rings is 2. The van der Waals surface area contributed by atoms with Crippen LogP contribution in [0.3, 0.4) is 0 Å². The summed E-state index contributed by atoms with van der Waals surface area (Å²) in [6.07, 6.45) is 1.51. The molecule has 0 fully saturated rings. The number of H-pyrrole nitrogens is 1. The molecular weight excluding hydrogens is 372 g/mol. The van der Waals surface area contributed by atoms with Gasteiger partial charge < -0.3 is 5.32 Å². The van der Waals surface area contributed by atoms with Gasteiger partial charge >= 0.3 is 5.69 Å². The Bertz CT molecular complexity index is 938. The topological polar surface area (TPSA) is 79.8 Å². The molecule has 0 radical (unpaired) electrons. The van der Waals surface area contributed by atoms with Gasteiger partial charge in [0.05, 0.1) is 5.25 Å². The zero-order chi connectivity index (χ0) is 19.8. The van der Waals surface area contributed by atoms with E-state index in [-0.39, 0.29) is 16.8 Å². The Hall–Kier alpha value is -2.80. The molecule has 0 saturated carbocycles. The normalized spacial score (nSPS) is 11.9. The minimum atomic E-state index is -0.346. The first-order chi connectivity index (χ1) is 13.6. The van der Waals surface area contributed by atoms with Crippen LogP contribution in [-0.4, -0.2) is 32.5 Å². The summed E-state index contributed by atoms with van der Waals surface area (Å²) < 4.78 is 1.59. The Balaban J connectivity index is 1.52. The molecule has 1 atom stereocenters. The molecule has 1 unspecified atom stereocenters. The fraction of sp³-hybridized carbons (Fsp3) is 0.286. The van der Waals surface area contributed by atoms with Crippen molar-refractivity contribution in [2.75, 3.05) is 6.54 Å². The number of aromatic amines is 1. The largest absolute Gasteiger partial charge is 0.355 e. The average Bonchev–Trinajstić information content (AvgIpc) is 3.07. The number of carbonyl (C=O) groups excluding carboxylic acids is 1. The van der Waals surface area contributed by atoms with E-state index in [1.165, 1.54) is 17.3 Å². The summed E-state index contributed by atoms with van der Waals surface area (Å²) in [4.78, 5) is 24.5. The van der Waals surface area contributed by atoms with Gasteiger partial charge in [-0.15, -0.1) is 5.10 Å². The zero-order valence-corrected chi connectivity index (χ0v) is 16.6. The molecule has 146 valence electrons. The maximum Gasteiger partial charge on any atom is 0.343 e. The lowest BCUT2D eigenvalue weighted by molar-refractivity contribution is -0.120. The number of hydrogen-bond donors (Lipinski definition) is 2. The molecule has 3 aromatic rings. The summed E-state index contributed by atoms with van der Waals surface area (Å²) in [7, 11) is 0. The van der Waals surface area contributed by atoms with Gasteiger partial charge in [-0.3, -0.25) is 9.36 Å². The molecule has 7 heteroatoms. The molecule has 0 spiro atoms. The molecule has 0 bridgehead atoms. The molecule has 2 aromatic carbocycles. The van der Waals surface area contributed by atoms with Crippen molar-refractivity contribution in [2.45, 2.75) is 36.7 Å².